The van der Waals surface area contributed by atoms with Crippen molar-refractivity contribution in [3.05, 3.63) is 23.8 Å². The third kappa shape index (κ3) is 7.55. The fourth-order valence-corrected chi connectivity index (χ4v) is 2.23. The highest BCUT2D eigenvalue weighted by Gasteiger charge is 2.05. The maximum atomic E-state index is 5.62. The molecule has 0 atom stereocenters. The van der Waals surface area contributed by atoms with E-state index in [4.69, 9.17) is 14.2 Å². The van der Waals surface area contributed by atoms with Crippen LogP contribution in [0.4, 0.5) is 0 Å². The number of benzene rings is 1. The summed E-state index contributed by atoms with van der Waals surface area (Å²) < 4.78 is 16.0. The number of methoxy groups -OCH3 is 2. The van der Waals surface area contributed by atoms with Crippen LogP contribution >= 0.6 is 0 Å². The number of aryl methyl sites for hydroxylation is 1. The molecule has 6 nitrogen and oxygen atoms in total. The Morgan fingerprint density at radius 1 is 1.12 bits per heavy atom. The largest absolute Gasteiger partial charge is 0.493 e. The quantitative estimate of drug-likeness (QED) is 0.368. The lowest BCUT2D eigenvalue weighted by molar-refractivity contribution is 0.203. The van der Waals surface area contributed by atoms with Crippen LogP contribution in [-0.4, -0.2) is 53.0 Å². The average molecular weight is 337 g/mol. The van der Waals surface area contributed by atoms with Gasteiger partial charge in [-0.2, -0.15) is 0 Å². The first-order valence-electron chi connectivity index (χ1n) is 8.55. The summed E-state index contributed by atoms with van der Waals surface area (Å²) in [4.78, 5) is 4.58. The lowest BCUT2D eigenvalue weighted by Gasteiger charge is -2.12. The van der Waals surface area contributed by atoms with E-state index in [1.165, 1.54) is 5.56 Å². The first-order chi connectivity index (χ1) is 11.7. The molecule has 6 heteroatoms. The molecule has 2 N–H and O–H groups in total. The fourth-order valence-electron chi connectivity index (χ4n) is 2.23. The Morgan fingerprint density at radius 3 is 2.62 bits per heavy atom. The SMILES string of the molecule is CCNC(=NCCCc1ccc(OC)c(OCC)c1)NCCOC. The Labute approximate surface area is 145 Å². The van der Waals surface area contributed by atoms with Crippen molar-refractivity contribution in [2.45, 2.75) is 26.7 Å². The number of nitrogens with zero attached hydrogens (tertiary/aromatic N) is 1. The molecule has 0 bridgehead atoms. The van der Waals surface area contributed by atoms with Crippen LogP contribution in [0, 0.1) is 0 Å². The number of aliphatic imine (C=N–C) groups is 1. The summed E-state index contributed by atoms with van der Waals surface area (Å²) >= 11 is 0. The molecule has 0 saturated carbocycles. The molecular formula is C18H31N3O3. The van der Waals surface area contributed by atoms with Gasteiger partial charge in [-0.1, -0.05) is 6.07 Å². The van der Waals surface area contributed by atoms with Crippen LogP contribution in [0.15, 0.2) is 23.2 Å². The van der Waals surface area contributed by atoms with Gasteiger partial charge in [-0.05, 0) is 44.4 Å². The second-order valence-electron chi connectivity index (χ2n) is 5.20. The molecule has 24 heavy (non-hydrogen) atoms. The van der Waals surface area contributed by atoms with Gasteiger partial charge in [-0.25, -0.2) is 0 Å². The molecule has 0 aliphatic carbocycles. The first-order valence-corrected chi connectivity index (χ1v) is 8.55. The molecule has 1 rings (SSSR count). The van der Waals surface area contributed by atoms with Gasteiger partial charge < -0.3 is 24.8 Å². The van der Waals surface area contributed by atoms with Crippen molar-refractivity contribution < 1.29 is 14.2 Å². The predicted molar refractivity (Wildman–Crippen MR) is 98.3 cm³/mol. The van der Waals surface area contributed by atoms with E-state index in [2.05, 4.69) is 28.6 Å². The zero-order valence-corrected chi connectivity index (χ0v) is 15.4. The molecule has 136 valence electrons. The summed E-state index contributed by atoms with van der Waals surface area (Å²) in [7, 11) is 3.35. The van der Waals surface area contributed by atoms with Gasteiger partial charge in [0.25, 0.3) is 0 Å². The molecule has 0 spiro atoms. The summed E-state index contributed by atoms with van der Waals surface area (Å²) in [6.45, 7) is 7.67. The van der Waals surface area contributed by atoms with E-state index in [0.29, 0.717) is 13.2 Å². The Morgan fingerprint density at radius 2 is 1.96 bits per heavy atom. The van der Waals surface area contributed by atoms with Crippen LogP contribution in [0.2, 0.25) is 0 Å². The van der Waals surface area contributed by atoms with Crippen molar-refractivity contribution in [2.24, 2.45) is 4.99 Å². The molecule has 0 unspecified atom stereocenters. The lowest BCUT2D eigenvalue weighted by Crippen LogP contribution is -2.39. The molecule has 0 saturated heterocycles. The standard InChI is InChI=1S/C18H31N3O3/c1-5-19-18(21-12-13-22-3)20-11-7-8-15-9-10-16(23-4)17(14-15)24-6-2/h9-10,14H,5-8,11-13H2,1-4H3,(H2,19,20,21). The number of hydrogen-bond donors (Lipinski definition) is 2. The zero-order chi connectivity index (χ0) is 17.6. The Hall–Kier alpha value is -1.95. The minimum atomic E-state index is 0.628. The average Bonchev–Trinajstić information content (AvgIpc) is 2.59. The second-order valence-corrected chi connectivity index (χ2v) is 5.20. The smallest absolute Gasteiger partial charge is 0.191 e. The molecule has 1 aromatic carbocycles. The van der Waals surface area contributed by atoms with Gasteiger partial charge in [0, 0.05) is 26.7 Å². The van der Waals surface area contributed by atoms with Crippen molar-refractivity contribution in [1.29, 1.82) is 0 Å². The van der Waals surface area contributed by atoms with Gasteiger partial charge in [0.1, 0.15) is 0 Å². The predicted octanol–water partition coefficient (Wildman–Crippen LogP) is 2.23. The van der Waals surface area contributed by atoms with Crippen molar-refractivity contribution in [3.8, 4) is 11.5 Å². The maximum absolute atomic E-state index is 5.62. The number of hydrogen-bond acceptors (Lipinski definition) is 4. The monoisotopic (exact) mass is 337 g/mol. The molecular weight excluding hydrogens is 306 g/mol. The molecule has 0 aromatic heterocycles. The molecule has 0 radical (unpaired) electrons. The number of guanidine groups is 1. The van der Waals surface area contributed by atoms with E-state index in [-0.39, 0.29) is 0 Å². The minimum Gasteiger partial charge on any atom is -0.493 e. The van der Waals surface area contributed by atoms with Crippen LogP contribution in [0.25, 0.3) is 0 Å². The van der Waals surface area contributed by atoms with E-state index in [1.807, 2.05) is 19.1 Å². The highest BCUT2D eigenvalue weighted by molar-refractivity contribution is 5.79. The summed E-state index contributed by atoms with van der Waals surface area (Å²) in [6, 6.07) is 6.08. The molecule has 0 aliphatic heterocycles. The highest BCUT2D eigenvalue weighted by atomic mass is 16.5. The maximum Gasteiger partial charge on any atom is 0.191 e. The Kier molecular flexibility index (Phi) is 10.4. The van der Waals surface area contributed by atoms with E-state index < -0.39 is 0 Å². The topological polar surface area (TPSA) is 64.1 Å². The van der Waals surface area contributed by atoms with Gasteiger partial charge in [0.05, 0.1) is 20.3 Å². The van der Waals surface area contributed by atoms with Crippen LogP contribution < -0.4 is 20.1 Å². The lowest BCUT2D eigenvalue weighted by atomic mass is 10.1. The van der Waals surface area contributed by atoms with Crippen LogP contribution in [0.3, 0.4) is 0 Å². The van der Waals surface area contributed by atoms with Crippen molar-refractivity contribution in [1.82, 2.24) is 10.6 Å². The summed E-state index contributed by atoms with van der Waals surface area (Å²) in [6.07, 6.45) is 1.92. The third-order valence-corrected chi connectivity index (χ3v) is 3.36. The van der Waals surface area contributed by atoms with Crippen molar-refractivity contribution >= 4 is 5.96 Å². The van der Waals surface area contributed by atoms with Crippen LogP contribution in [0.5, 0.6) is 11.5 Å². The molecule has 1 aromatic rings. The number of ether oxygens (including phenoxy) is 3. The van der Waals surface area contributed by atoms with Gasteiger partial charge in [-0.3, -0.25) is 4.99 Å². The van der Waals surface area contributed by atoms with Gasteiger partial charge in [-0.15, -0.1) is 0 Å². The third-order valence-electron chi connectivity index (χ3n) is 3.36. The molecule has 0 fully saturated rings. The fraction of sp³-hybridized carbons (Fsp3) is 0.611. The van der Waals surface area contributed by atoms with Crippen molar-refractivity contribution in [3.63, 3.8) is 0 Å². The van der Waals surface area contributed by atoms with Crippen molar-refractivity contribution in [2.75, 3.05) is 47.1 Å². The van der Waals surface area contributed by atoms with Gasteiger partial charge >= 0.3 is 0 Å². The summed E-state index contributed by atoms with van der Waals surface area (Å²) in [5, 5.41) is 6.47. The first kappa shape index (κ1) is 20.1. The van der Waals surface area contributed by atoms with Crippen LogP contribution in [-0.2, 0) is 11.2 Å². The number of nitrogens with one attached hydrogen (secondary N) is 2. The molecule has 0 amide bonds. The van der Waals surface area contributed by atoms with E-state index in [9.17, 15) is 0 Å². The normalized spacial score (nSPS) is 11.2. The van der Waals surface area contributed by atoms with E-state index >= 15 is 0 Å². The highest BCUT2D eigenvalue weighted by Crippen LogP contribution is 2.28. The molecule has 0 heterocycles. The zero-order valence-electron chi connectivity index (χ0n) is 15.4. The Bertz CT molecular complexity index is 492. The van der Waals surface area contributed by atoms with E-state index in [0.717, 1.165) is 49.9 Å². The summed E-state index contributed by atoms with van der Waals surface area (Å²) in [5.41, 5.74) is 1.23. The number of rotatable bonds is 11. The van der Waals surface area contributed by atoms with Gasteiger partial charge in [0.15, 0.2) is 17.5 Å². The van der Waals surface area contributed by atoms with Crippen LogP contribution in [0.1, 0.15) is 25.8 Å². The minimum absolute atomic E-state index is 0.628. The van der Waals surface area contributed by atoms with E-state index in [1.54, 1.807) is 14.2 Å². The second kappa shape index (κ2) is 12.5. The summed E-state index contributed by atoms with van der Waals surface area (Å²) in [5.74, 6) is 2.41. The molecule has 0 aliphatic rings. The Balaban J connectivity index is 2.49. The van der Waals surface area contributed by atoms with Gasteiger partial charge in [0.2, 0.25) is 0 Å².